The lowest BCUT2D eigenvalue weighted by Gasteiger charge is -2.11. The Morgan fingerprint density at radius 1 is 1.19 bits per heavy atom. The molecule has 0 spiro atoms. The molecule has 6 heteroatoms. The fourth-order valence-corrected chi connectivity index (χ4v) is 3.31. The minimum atomic E-state index is -3.56. The predicted molar refractivity (Wildman–Crippen MR) is 82.1 cm³/mol. The lowest BCUT2D eigenvalue weighted by molar-refractivity contribution is 0.580. The van der Waals surface area contributed by atoms with Crippen LogP contribution in [0.2, 0.25) is 0 Å². The molecule has 0 aliphatic carbocycles. The normalized spacial score (nSPS) is 11.6. The van der Waals surface area contributed by atoms with E-state index >= 15 is 0 Å². The van der Waals surface area contributed by atoms with Gasteiger partial charge in [0.1, 0.15) is 0 Å². The molecule has 1 heterocycles. The van der Waals surface area contributed by atoms with Crippen LogP contribution in [0.4, 0.5) is 0 Å². The van der Waals surface area contributed by atoms with E-state index in [0.29, 0.717) is 12.1 Å². The van der Waals surface area contributed by atoms with Crippen molar-refractivity contribution in [3.8, 4) is 0 Å². The van der Waals surface area contributed by atoms with Gasteiger partial charge in [-0.05, 0) is 48.2 Å². The van der Waals surface area contributed by atoms with E-state index in [2.05, 4.69) is 9.71 Å². The number of hydrogen-bond acceptors (Lipinski definition) is 4. The van der Waals surface area contributed by atoms with E-state index < -0.39 is 10.0 Å². The highest BCUT2D eigenvalue weighted by Crippen LogP contribution is 2.17. The average molecular weight is 305 g/mol. The Kier molecular flexibility index (Phi) is 4.72. The Morgan fingerprint density at radius 3 is 2.62 bits per heavy atom. The maximum Gasteiger partial charge on any atom is 0.241 e. The van der Waals surface area contributed by atoms with Gasteiger partial charge in [-0.25, -0.2) is 13.1 Å². The number of sulfonamides is 1. The highest BCUT2D eigenvalue weighted by Gasteiger charge is 2.17. The first kappa shape index (κ1) is 15.6. The van der Waals surface area contributed by atoms with Crippen molar-refractivity contribution < 1.29 is 8.42 Å². The van der Waals surface area contributed by atoms with Crippen LogP contribution in [-0.2, 0) is 23.1 Å². The first-order chi connectivity index (χ1) is 9.94. The zero-order valence-electron chi connectivity index (χ0n) is 12.1. The molecule has 0 bridgehead atoms. The maximum atomic E-state index is 12.4. The van der Waals surface area contributed by atoms with Gasteiger partial charge in [0.2, 0.25) is 10.0 Å². The van der Waals surface area contributed by atoms with Crippen molar-refractivity contribution in [1.29, 1.82) is 0 Å². The van der Waals surface area contributed by atoms with Gasteiger partial charge >= 0.3 is 0 Å². The highest BCUT2D eigenvalue weighted by molar-refractivity contribution is 7.89. The summed E-state index contributed by atoms with van der Waals surface area (Å²) in [5, 5.41) is 0. The van der Waals surface area contributed by atoms with Crippen LogP contribution >= 0.6 is 0 Å². The lowest BCUT2D eigenvalue weighted by Crippen LogP contribution is -2.24. The Morgan fingerprint density at radius 2 is 1.95 bits per heavy atom. The van der Waals surface area contributed by atoms with Gasteiger partial charge in [0.25, 0.3) is 0 Å². The van der Waals surface area contributed by atoms with Crippen molar-refractivity contribution in [1.82, 2.24) is 9.71 Å². The van der Waals surface area contributed by atoms with E-state index in [1.165, 1.54) is 0 Å². The number of nitrogens with one attached hydrogen (secondary N) is 1. The van der Waals surface area contributed by atoms with Crippen LogP contribution in [0.1, 0.15) is 22.3 Å². The summed E-state index contributed by atoms with van der Waals surface area (Å²) >= 11 is 0. The van der Waals surface area contributed by atoms with E-state index in [-0.39, 0.29) is 11.4 Å². The largest absolute Gasteiger partial charge is 0.326 e. The van der Waals surface area contributed by atoms with Crippen molar-refractivity contribution in [2.24, 2.45) is 5.73 Å². The van der Waals surface area contributed by atoms with Crippen LogP contribution in [-0.4, -0.2) is 13.4 Å². The van der Waals surface area contributed by atoms with Crippen LogP contribution in [0.25, 0.3) is 0 Å². The molecule has 0 fully saturated rings. The van der Waals surface area contributed by atoms with E-state index in [1.807, 2.05) is 13.0 Å². The lowest BCUT2D eigenvalue weighted by atomic mass is 10.1. The van der Waals surface area contributed by atoms with Crippen LogP contribution in [0.5, 0.6) is 0 Å². The number of aryl methyl sites for hydroxylation is 2. The molecule has 2 rings (SSSR count). The van der Waals surface area contributed by atoms with E-state index in [4.69, 9.17) is 5.73 Å². The smallest absolute Gasteiger partial charge is 0.241 e. The van der Waals surface area contributed by atoms with Gasteiger partial charge in [-0.15, -0.1) is 0 Å². The van der Waals surface area contributed by atoms with Crippen LogP contribution in [0, 0.1) is 13.8 Å². The number of pyridine rings is 1. The molecule has 0 atom stereocenters. The van der Waals surface area contributed by atoms with Crippen molar-refractivity contribution in [3.05, 3.63) is 58.9 Å². The van der Waals surface area contributed by atoms with E-state index in [0.717, 1.165) is 16.7 Å². The number of rotatable bonds is 5. The van der Waals surface area contributed by atoms with E-state index in [1.54, 1.807) is 37.5 Å². The van der Waals surface area contributed by atoms with Crippen molar-refractivity contribution >= 4 is 10.0 Å². The van der Waals surface area contributed by atoms with Gasteiger partial charge < -0.3 is 5.73 Å². The first-order valence-corrected chi connectivity index (χ1v) is 8.11. The standard InChI is InChI=1S/C15H19N3O2S/c1-11-3-4-13(8-16)7-15(11)21(19,20)18-10-14-5-6-17-9-12(14)2/h3-7,9,18H,8,10,16H2,1-2H3. The summed E-state index contributed by atoms with van der Waals surface area (Å²) in [6.07, 6.45) is 3.36. The highest BCUT2D eigenvalue weighted by atomic mass is 32.2. The molecule has 0 amide bonds. The summed E-state index contributed by atoms with van der Waals surface area (Å²) in [7, 11) is -3.56. The molecule has 0 saturated heterocycles. The SMILES string of the molecule is Cc1cnccc1CNS(=O)(=O)c1cc(CN)ccc1C. The third-order valence-corrected chi connectivity index (χ3v) is 4.91. The summed E-state index contributed by atoms with van der Waals surface area (Å²) in [6.45, 7) is 4.22. The van der Waals surface area contributed by atoms with E-state index in [9.17, 15) is 8.42 Å². The molecule has 0 aliphatic heterocycles. The molecule has 0 radical (unpaired) electrons. The number of hydrogen-bond donors (Lipinski definition) is 2. The van der Waals surface area contributed by atoms with Gasteiger partial charge in [0, 0.05) is 25.5 Å². The molecule has 0 aliphatic rings. The summed E-state index contributed by atoms with van der Waals surface area (Å²) < 4.78 is 27.5. The molecule has 0 saturated carbocycles. The van der Waals surface area contributed by atoms with Crippen molar-refractivity contribution in [2.75, 3.05) is 0 Å². The second-order valence-electron chi connectivity index (χ2n) is 4.93. The first-order valence-electron chi connectivity index (χ1n) is 6.63. The third kappa shape index (κ3) is 3.66. The van der Waals surface area contributed by atoms with Crippen LogP contribution in [0.15, 0.2) is 41.6 Å². The minimum Gasteiger partial charge on any atom is -0.326 e. The molecule has 3 N–H and O–H groups in total. The molecule has 5 nitrogen and oxygen atoms in total. The second kappa shape index (κ2) is 6.34. The molecule has 112 valence electrons. The molecule has 2 aromatic rings. The molecule has 1 aromatic carbocycles. The fourth-order valence-electron chi connectivity index (χ4n) is 2.01. The minimum absolute atomic E-state index is 0.239. The molecule has 0 unspecified atom stereocenters. The molecule has 1 aromatic heterocycles. The Labute approximate surface area is 125 Å². The summed E-state index contributed by atoms with van der Waals surface area (Å²) in [6, 6.07) is 7.04. The number of aromatic nitrogens is 1. The topological polar surface area (TPSA) is 85.1 Å². The zero-order chi connectivity index (χ0) is 15.5. The average Bonchev–Trinajstić information content (AvgIpc) is 2.47. The van der Waals surface area contributed by atoms with Gasteiger partial charge in [0.05, 0.1) is 4.90 Å². The Balaban J connectivity index is 2.25. The molecule has 21 heavy (non-hydrogen) atoms. The number of nitrogens with two attached hydrogens (primary N) is 1. The molecular weight excluding hydrogens is 286 g/mol. The Hall–Kier alpha value is -1.76. The summed E-state index contributed by atoms with van der Waals surface area (Å²) in [5.74, 6) is 0. The quantitative estimate of drug-likeness (QED) is 0.879. The second-order valence-corrected chi connectivity index (χ2v) is 6.67. The molecular formula is C15H19N3O2S. The van der Waals surface area contributed by atoms with Crippen molar-refractivity contribution in [2.45, 2.75) is 31.8 Å². The predicted octanol–water partition coefficient (Wildman–Crippen LogP) is 1.64. The van der Waals surface area contributed by atoms with Gasteiger partial charge in [-0.1, -0.05) is 12.1 Å². The number of nitrogens with zero attached hydrogens (tertiary/aromatic N) is 1. The van der Waals surface area contributed by atoms with Gasteiger partial charge in [-0.2, -0.15) is 0 Å². The van der Waals surface area contributed by atoms with Crippen LogP contribution in [0.3, 0.4) is 0 Å². The van der Waals surface area contributed by atoms with Gasteiger partial charge in [-0.3, -0.25) is 4.98 Å². The summed E-state index contributed by atoms with van der Waals surface area (Å²) in [4.78, 5) is 4.27. The Bertz CT molecular complexity index is 742. The maximum absolute atomic E-state index is 12.4. The fraction of sp³-hybridized carbons (Fsp3) is 0.267. The summed E-state index contributed by atoms with van der Waals surface area (Å²) in [5.41, 5.74) is 8.92. The zero-order valence-corrected chi connectivity index (χ0v) is 12.9. The van der Waals surface area contributed by atoms with Crippen molar-refractivity contribution in [3.63, 3.8) is 0 Å². The monoisotopic (exact) mass is 305 g/mol. The number of benzene rings is 1. The third-order valence-electron chi connectivity index (χ3n) is 3.37. The van der Waals surface area contributed by atoms with Gasteiger partial charge in [0.15, 0.2) is 0 Å². The van der Waals surface area contributed by atoms with Crippen LogP contribution < -0.4 is 10.5 Å².